The van der Waals surface area contributed by atoms with Crippen LogP contribution in [0, 0.1) is 4.91 Å². The van der Waals surface area contributed by atoms with Gasteiger partial charge in [0.2, 0.25) is 0 Å². The number of ether oxygens (including phenoxy) is 2. The minimum absolute atomic E-state index is 0.0950. The van der Waals surface area contributed by atoms with Crippen molar-refractivity contribution in [1.82, 2.24) is 0 Å². The fraction of sp³-hybridized carbons (Fsp3) is 0.263. The summed E-state index contributed by atoms with van der Waals surface area (Å²) in [5.41, 5.74) is -0.767. The summed E-state index contributed by atoms with van der Waals surface area (Å²) in [6.45, 7) is 1.96. The number of carbonyl (C=O) groups excluding carboxylic acids is 2. The van der Waals surface area contributed by atoms with Gasteiger partial charge in [0.15, 0.2) is 11.4 Å². The fourth-order valence-corrected chi connectivity index (χ4v) is 2.65. The zero-order valence-corrected chi connectivity index (χ0v) is 17.7. The Hall–Kier alpha value is -3.08. The normalized spacial score (nSPS) is 11.0. The maximum atomic E-state index is 12.7. The first kappa shape index (κ1) is 23.2. The Bertz CT molecular complexity index is 964. The van der Waals surface area contributed by atoms with E-state index in [1.54, 1.807) is 26.8 Å². The Morgan fingerprint density at radius 3 is 2.40 bits per heavy atom. The van der Waals surface area contributed by atoms with E-state index in [-0.39, 0.29) is 16.9 Å². The SMILES string of the molecule is CC(C)(C)OC(=O)Nc1cc(Br)ccc1C(=O)Nc1ccc(OC(F)F)c(N=O)c1. The average molecular weight is 486 g/mol. The van der Waals surface area contributed by atoms with Crippen molar-refractivity contribution in [2.45, 2.75) is 33.0 Å². The second kappa shape index (κ2) is 9.61. The van der Waals surface area contributed by atoms with Gasteiger partial charge >= 0.3 is 12.7 Å². The number of benzene rings is 2. The molecule has 0 aromatic heterocycles. The van der Waals surface area contributed by atoms with Gasteiger partial charge in [0, 0.05) is 10.2 Å². The van der Waals surface area contributed by atoms with Gasteiger partial charge in [0.1, 0.15) is 5.60 Å². The van der Waals surface area contributed by atoms with Gasteiger partial charge in [-0.25, -0.2) is 4.79 Å². The minimum Gasteiger partial charge on any atom is -0.444 e. The maximum Gasteiger partial charge on any atom is 0.412 e. The summed E-state index contributed by atoms with van der Waals surface area (Å²) in [5, 5.41) is 7.64. The number of hydrogen-bond acceptors (Lipinski definition) is 6. The molecule has 0 atom stereocenters. The van der Waals surface area contributed by atoms with Crippen LogP contribution < -0.4 is 15.4 Å². The predicted molar refractivity (Wildman–Crippen MR) is 110 cm³/mol. The molecule has 0 fully saturated rings. The number of rotatable bonds is 6. The monoisotopic (exact) mass is 485 g/mol. The minimum atomic E-state index is -3.13. The molecule has 30 heavy (non-hydrogen) atoms. The smallest absolute Gasteiger partial charge is 0.412 e. The van der Waals surface area contributed by atoms with E-state index in [0.29, 0.717) is 4.47 Å². The third-order valence-electron chi connectivity index (χ3n) is 3.39. The molecule has 0 saturated heterocycles. The second-order valence-electron chi connectivity index (χ2n) is 6.92. The Balaban J connectivity index is 2.25. The molecule has 0 aliphatic heterocycles. The van der Waals surface area contributed by atoms with Crippen molar-refractivity contribution in [3.8, 4) is 5.75 Å². The molecule has 0 spiro atoms. The molecule has 0 aliphatic rings. The van der Waals surface area contributed by atoms with Crippen molar-refractivity contribution in [3.63, 3.8) is 0 Å². The molecule has 0 unspecified atom stereocenters. The first-order valence-corrected chi connectivity index (χ1v) is 9.31. The van der Waals surface area contributed by atoms with Crippen molar-refractivity contribution in [2.24, 2.45) is 5.18 Å². The number of alkyl halides is 2. The average Bonchev–Trinajstić information content (AvgIpc) is 2.60. The fourth-order valence-electron chi connectivity index (χ4n) is 2.29. The van der Waals surface area contributed by atoms with Crippen LogP contribution >= 0.6 is 15.9 Å². The van der Waals surface area contributed by atoms with Crippen LogP contribution in [-0.2, 0) is 4.74 Å². The summed E-state index contributed by atoms with van der Waals surface area (Å²) in [4.78, 5) is 35.7. The van der Waals surface area contributed by atoms with Crippen LogP contribution in [-0.4, -0.2) is 24.2 Å². The van der Waals surface area contributed by atoms with Gasteiger partial charge in [-0.3, -0.25) is 10.1 Å². The van der Waals surface area contributed by atoms with Gasteiger partial charge < -0.3 is 14.8 Å². The third-order valence-corrected chi connectivity index (χ3v) is 3.89. The number of nitroso groups, excluding NO2 is 1. The van der Waals surface area contributed by atoms with Crippen molar-refractivity contribution in [2.75, 3.05) is 10.6 Å². The summed E-state index contributed by atoms with van der Waals surface area (Å²) in [6, 6.07) is 8.00. The molecule has 160 valence electrons. The topological polar surface area (TPSA) is 106 Å². The van der Waals surface area contributed by atoms with E-state index in [1.165, 1.54) is 18.2 Å². The zero-order valence-electron chi connectivity index (χ0n) is 16.2. The number of nitrogens with zero attached hydrogens (tertiary/aromatic N) is 1. The highest BCUT2D eigenvalue weighted by Crippen LogP contribution is 2.32. The lowest BCUT2D eigenvalue weighted by Gasteiger charge is -2.20. The van der Waals surface area contributed by atoms with E-state index >= 15 is 0 Å². The number of hydrogen-bond donors (Lipinski definition) is 2. The summed E-state index contributed by atoms with van der Waals surface area (Å²) in [5.74, 6) is -1.05. The van der Waals surface area contributed by atoms with E-state index in [4.69, 9.17) is 4.74 Å². The van der Waals surface area contributed by atoms with Crippen molar-refractivity contribution in [3.05, 3.63) is 51.3 Å². The Morgan fingerprint density at radius 1 is 1.10 bits per heavy atom. The Kier molecular flexibility index (Phi) is 7.43. The maximum absolute atomic E-state index is 12.7. The number of anilines is 2. The largest absolute Gasteiger partial charge is 0.444 e. The highest BCUT2D eigenvalue weighted by Gasteiger charge is 2.20. The van der Waals surface area contributed by atoms with Crippen LogP contribution in [0.25, 0.3) is 0 Å². The molecule has 2 rings (SSSR count). The summed E-state index contributed by atoms with van der Waals surface area (Å²) in [7, 11) is 0. The molecule has 2 aromatic carbocycles. The second-order valence-corrected chi connectivity index (χ2v) is 7.84. The van der Waals surface area contributed by atoms with E-state index in [9.17, 15) is 23.3 Å². The summed E-state index contributed by atoms with van der Waals surface area (Å²) in [6.07, 6.45) is -0.754. The van der Waals surface area contributed by atoms with Gasteiger partial charge in [-0.05, 0) is 62.3 Å². The van der Waals surface area contributed by atoms with Crippen LogP contribution in [0.5, 0.6) is 5.75 Å². The van der Waals surface area contributed by atoms with Crippen LogP contribution in [0.1, 0.15) is 31.1 Å². The first-order valence-electron chi connectivity index (χ1n) is 8.51. The molecule has 0 saturated carbocycles. The molecule has 11 heteroatoms. The Labute approximate surface area is 179 Å². The Morgan fingerprint density at radius 2 is 1.80 bits per heavy atom. The van der Waals surface area contributed by atoms with Gasteiger partial charge in [-0.1, -0.05) is 15.9 Å². The lowest BCUT2D eigenvalue weighted by molar-refractivity contribution is -0.0494. The molecule has 2 aromatic rings. The molecule has 0 bridgehead atoms. The van der Waals surface area contributed by atoms with Gasteiger partial charge in [0.25, 0.3) is 5.91 Å². The van der Waals surface area contributed by atoms with E-state index in [0.717, 1.165) is 12.1 Å². The third kappa shape index (κ3) is 6.76. The molecule has 2 N–H and O–H groups in total. The van der Waals surface area contributed by atoms with Gasteiger partial charge in [0.05, 0.1) is 11.3 Å². The quantitative estimate of drug-likeness (QED) is 0.484. The molecular formula is C19H18BrF2N3O5. The van der Waals surface area contributed by atoms with E-state index < -0.39 is 35.6 Å². The van der Waals surface area contributed by atoms with E-state index in [1.807, 2.05) is 0 Å². The molecule has 0 aliphatic carbocycles. The molecule has 2 amide bonds. The standard InChI is InChI=1S/C19H18BrF2N3O5/c1-19(2,3)30-18(27)24-13-8-10(20)4-6-12(13)16(26)23-11-5-7-15(29-17(21)22)14(9-11)25-28/h4-9,17H,1-3H3,(H,23,26)(H,24,27). The zero-order chi connectivity index (χ0) is 22.5. The van der Waals surface area contributed by atoms with Crippen LogP contribution in [0.2, 0.25) is 0 Å². The number of amides is 2. The molecule has 0 heterocycles. The number of nitrogens with one attached hydrogen (secondary N) is 2. The number of halogens is 3. The summed E-state index contributed by atoms with van der Waals surface area (Å²) >= 11 is 3.26. The highest BCUT2D eigenvalue weighted by atomic mass is 79.9. The van der Waals surface area contributed by atoms with Gasteiger partial charge in [-0.2, -0.15) is 8.78 Å². The van der Waals surface area contributed by atoms with Crippen LogP contribution in [0.3, 0.4) is 0 Å². The lowest BCUT2D eigenvalue weighted by Crippen LogP contribution is -2.28. The van der Waals surface area contributed by atoms with Crippen molar-refractivity contribution < 1.29 is 27.8 Å². The van der Waals surface area contributed by atoms with Crippen molar-refractivity contribution >= 4 is 45.0 Å². The predicted octanol–water partition coefficient (Wildman–Crippen LogP) is 6.05. The molecular weight excluding hydrogens is 468 g/mol. The highest BCUT2D eigenvalue weighted by molar-refractivity contribution is 9.10. The molecule has 0 radical (unpaired) electrons. The van der Waals surface area contributed by atoms with Crippen LogP contribution in [0.15, 0.2) is 46.0 Å². The van der Waals surface area contributed by atoms with Crippen molar-refractivity contribution in [1.29, 1.82) is 0 Å². The summed E-state index contributed by atoms with van der Waals surface area (Å²) < 4.78 is 34.7. The van der Waals surface area contributed by atoms with Crippen LogP contribution in [0.4, 0.5) is 30.6 Å². The lowest BCUT2D eigenvalue weighted by atomic mass is 10.1. The van der Waals surface area contributed by atoms with E-state index in [2.05, 4.69) is 36.5 Å². The first-order chi connectivity index (χ1) is 14.0. The van der Waals surface area contributed by atoms with Gasteiger partial charge in [-0.15, -0.1) is 4.91 Å². The molecule has 8 nitrogen and oxygen atoms in total. The number of carbonyl (C=O) groups is 2.